The van der Waals surface area contributed by atoms with Gasteiger partial charge in [0.15, 0.2) is 0 Å². The number of carbonyl (C=O) groups excluding carboxylic acids is 1. The minimum absolute atomic E-state index is 0.117. The molecule has 0 saturated heterocycles. The van der Waals surface area contributed by atoms with Crippen LogP contribution in [0.5, 0.6) is 0 Å². The van der Waals surface area contributed by atoms with E-state index in [1.165, 1.54) is 12.1 Å². The highest BCUT2D eigenvalue weighted by Crippen LogP contribution is 2.11. The van der Waals surface area contributed by atoms with Crippen molar-refractivity contribution in [2.24, 2.45) is 4.99 Å². The summed E-state index contributed by atoms with van der Waals surface area (Å²) in [5.74, 6) is -0.390. The lowest BCUT2D eigenvalue weighted by Crippen LogP contribution is -2.22. The Morgan fingerprint density at radius 3 is 2.61 bits per heavy atom. The van der Waals surface area contributed by atoms with Crippen molar-refractivity contribution in [1.82, 2.24) is 10.2 Å². The van der Waals surface area contributed by atoms with E-state index in [0.717, 1.165) is 5.56 Å². The highest BCUT2D eigenvalue weighted by Gasteiger charge is 2.07. The van der Waals surface area contributed by atoms with E-state index in [9.17, 15) is 9.18 Å². The first-order chi connectivity index (χ1) is 11.1. The lowest BCUT2D eigenvalue weighted by atomic mass is 10.2. The maximum atomic E-state index is 13.0. The van der Waals surface area contributed by atoms with Crippen LogP contribution in [0.1, 0.15) is 18.9 Å². The van der Waals surface area contributed by atoms with E-state index in [0.29, 0.717) is 18.5 Å². The van der Waals surface area contributed by atoms with Crippen molar-refractivity contribution in [3.05, 3.63) is 72.0 Å². The van der Waals surface area contributed by atoms with E-state index in [1.807, 2.05) is 18.0 Å². The molecular formula is C18H22FN3O. The van der Waals surface area contributed by atoms with Crippen LogP contribution in [-0.2, 0) is 11.3 Å². The molecule has 0 aliphatic rings. The quantitative estimate of drug-likeness (QED) is 0.454. The summed E-state index contributed by atoms with van der Waals surface area (Å²) in [6.07, 6.45) is 9.32. The highest BCUT2D eigenvalue weighted by atomic mass is 19.1. The maximum absolute atomic E-state index is 13.0. The molecule has 5 heteroatoms. The molecule has 0 aliphatic heterocycles. The van der Waals surface area contributed by atoms with Crippen LogP contribution in [0.25, 0.3) is 0 Å². The van der Waals surface area contributed by atoms with Crippen LogP contribution in [0, 0.1) is 5.82 Å². The lowest BCUT2D eigenvalue weighted by molar-refractivity contribution is -0.117. The van der Waals surface area contributed by atoms with Crippen LogP contribution < -0.4 is 5.32 Å². The lowest BCUT2D eigenvalue weighted by Gasteiger charge is -2.17. The van der Waals surface area contributed by atoms with Crippen LogP contribution in [-0.4, -0.2) is 24.6 Å². The summed E-state index contributed by atoms with van der Waals surface area (Å²) in [5, 5.41) is 2.62. The van der Waals surface area contributed by atoms with Crippen molar-refractivity contribution >= 4 is 12.6 Å². The molecule has 0 radical (unpaired) electrons. The maximum Gasteiger partial charge on any atom is 0.248 e. The van der Waals surface area contributed by atoms with Crippen LogP contribution >= 0.6 is 0 Å². The molecule has 1 aromatic rings. The summed E-state index contributed by atoms with van der Waals surface area (Å²) in [4.78, 5) is 17.3. The summed E-state index contributed by atoms with van der Waals surface area (Å²) >= 11 is 0. The minimum atomic E-state index is -0.272. The van der Waals surface area contributed by atoms with Crippen molar-refractivity contribution in [3.8, 4) is 0 Å². The fourth-order valence-corrected chi connectivity index (χ4v) is 1.88. The van der Waals surface area contributed by atoms with Crippen molar-refractivity contribution < 1.29 is 9.18 Å². The normalized spacial score (nSPS) is 11.9. The number of likely N-dealkylation sites (N-methyl/N-ethyl adjacent to an activating group) is 1. The Kier molecular flexibility index (Phi) is 8.07. The third-order valence-corrected chi connectivity index (χ3v) is 3.08. The highest BCUT2D eigenvalue weighted by molar-refractivity contribution is 5.92. The van der Waals surface area contributed by atoms with Crippen LogP contribution in [0.4, 0.5) is 4.39 Å². The van der Waals surface area contributed by atoms with Crippen molar-refractivity contribution in [1.29, 1.82) is 0 Å². The average Bonchev–Trinajstić information content (AvgIpc) is 2.57. The Hall–Kier alpha value is -2.69. The second-order valence-corrected chi connectivity index (χ2v) is 4.75. The SMILES string of the molecule is C=N/C=C\C=C\N(/C=C(\CC)C(=O)NC)Cc1ccc(F)cc1. The number of hydrogen-bond donors (Lipinski definition) is 1. The van der Waals surface area contributed by atoms with Crippen LogP contribution in [0.15, 0.2) is 65.6 Å². The fourth-order valence-electron chi connectivity index (χ4n) is 1.88. The van der Waals surface area contributed by atoms with Gasteiger partial charge in [0.05, 0.1) is 0 Å². The average molecular weight is 315 g/mol. The monoisotopic (exact) mass is 315 g/mol. The summed E-state index contributed by atoms with van der Waals surface area (Å²) < 4.78 is 13.0. The number of carbonyl (C=O) groups is 1. The van der Waals surface area contributed by atoms with E-state index in [4.69, 9.17) is 0 Å². The molecule has 1 aromatic carbocycles. The third kappa shape index (κ3) is 6.74. The molecular weight excluding hydrogens is 293 g/mol. The Morgan fingerprint density at radius 1 is 1.35 bits per heavy atom. The molecule has 0 aromatic heterocycles. The molecule has 0 fully saturated rings. The van der Waals surface area contributed by atoms with Gasteiger partial charge in [0.2, 0.25) is 5.91 Å². The molecule has 0 saturated carbocycles. The summed E-state index contributed by atoms with van der Waals surface area (Å²) in [7, 11) is 1.60. The predicted octanol–water partition coefficient (Wildman–Crippen LogP) is 3.40. The molecule has 1 rings (SSSR count). The smallest absolute Gasteiger partial charge is 0.248 e. The van der Waals surface area contributed by atoms with E-state index in [-0.39, 0.29) is 11.7 Å². The molecule has 122 valence electrons. The van der Waals surface area contributed by atoms with Gasteiger partial charge in [0.25, 0.3) is 0 Å². The molecule has 0 heterocycles. The number of rotatable bonds is 8. The Balaban J connectivity index is 3.00. The van der Waals surface area contributed by atoms with Gasteiger partial charge in [-0.25, -0.2) is 4.39 Å². The molecule has 4 nitrogen and oxygen atoms in total. The van der Waals surface area contributed by atoms with Gasteiger partial charge in [0, 0.05) is 37.8 Å². The second kappa shape index (κ2) is 10.1. The largest absolute Gasteiger partial charge is 0.355 e. The number of halogens is 1. The molecule has 0 spiro atoms. The Morgan fingerprint density at radius 2 is 2.04 bits per heavy atom. The number of allylic oxidation sites excluding steroid dienone is 2. The van der Waals surface area contributed by atoms with Gasteiger partial charge in [-0.2, -0.15) is 0 Å². The van der Waals surface area contributed by atoms with Gasteiger partial charge < -0.3 is 10.2 Å². The molecule has 0 unspecified atom stereocenters. The number of hydrogen-bond acceptors (Lipinski definition) is 3. The first kappa shape index (κ1) is 18.4. The zero-order valence-corrected chi connectivity index (χ0v) is 13.5. The topological polar surface area (TPSA) is 44.7 Å². The minimum Gasteiger partial charge on any atom is -0.355 e. The van der Waals surface area contributed by atoms with Crippen LogP contribution in [0.2, 0.25) is 0 Å². The Labute approximate surface area is 136 Å². The first-order valence-corrected chi connectivity index (χ1v) is 7.32. The fraction of sp³-hybridized carbons (Fsp3) is 0.222. The predicted molar refractivity (Wildman–Crippen MR) is 92.2 cm³/mol. The van der Waals surface area contributed by atoms with Crippen molar-refractivity contribution in [3.63, 3.8) is 0 Å². The second-order valence-electron chi connectivity index (χ2n) is 4.75. The van der Waals surface area contributed by atoms with Gasteiger partial charge in [0.1, 0.15) is 5.82 Å². The molecule has 1 N–H and O–H groups in total. The summed E-state index contributed by atoms with van der Waals surface area (Å²) in [5.41, 5.74) is 1.59. The molecule has 1 amide bonds. The van der Waals surface area contributed by atoms with Gasteiger partial charge >= 0.3 is 0 Å². The van der Waals surface area contributed by atoms with Crippen molar-refractivity contribution in [2.45, 2.75) is 19.9 Å². The van der Waals surface area contributed by atoms with E-state index in [2.05, 4.69) is 17.0 Å². The summed E-state index contributed by atoms with van der Waals surface area (Å²) in [6, 6.07) is 6.28. The van der Waals surface area contributed by atoms with Gasteiger partial charge in [-0.05, 0) is 43.0 Å². The zero-order valence-electron chi connectivity index (χ0n) is 13.5. The van der Waals surface area contributed by atoms with E-state index < -0.39 is 0 Å². The molecule has 0 atom stereocenters. The molecule has 23 heavy (non-hydrogen) atoms. The molecule has 0 bridgehead atoms. The summed E-state index contributed by atoms with van der Waals surface area (Å²) in [6.45, 7) is 5.80. The number of nitrogens with one attached hydrogen (secondary N) is 1. The zero-order chi connectivity index (χ0) is 17.1. The van der Waals surface area contributed by atoms with Gasteiger partial charge in [-0.1, -0.05) is 19.1 Å². The van der Waals surface area contributed by atoms with E-state index >= 15 is 0 Å². The number of nitrogens with zero attached hydrogens (tertiary/aromatic N) is 2. The van der Waals surface area contributed by atoms with E-state index in [1.54, 1.807) is 43.7 Å². The number of aliphatic imine (C=N–C) groups is 1. The number of benzene rings is 1. The third-order valence-electron chi connectivity index (χ3n) is 3.08. The van der Waals surface area contributed by atoms with Gasteiger partial charge in [-0.3, -0.25) is 9.79 Å². The molecule has 0 aliphatic carbocycles. The first-order valence-electron chi connectivity index (χ1n) is 7.32. The van der Waals surface area contributed by atoms with Crippen LogP contribution in [0.3, 0.4) is 0 Å². The number of amides is 1. The van der Waals surface area contributed by atoms with Gasteiger partial charge in [-0.15, -0.1) is 0 Å². The standard InChI is InChI=1S/C18H22FN3O/c1-4-16(18(23)21-3)14-22(12-6-5-11-20-2)13-15-7-9-17(19)10-8-15/h5-12,14H,2,4,13H2,1,3H3,(H,21,23)/b11-5-,12-6+,16-14+. The van der Waals surface area contributed by atoms with Crippen molar-refractivity contribution in [2.75, 3.05) is 7.05 Å². The Bertz CT molecular complexity index is 603.